The van der Waals surface area contributed by atoms with Gasteiger partial charge in [0, 0.05) is 31.7 Å². The standard InChI is InChI=1S/C12H14BrClF2N2O/c13-9-8(14)2-1-7(11(9)19)10(12(15)16)18-5-3-17-4-6-18/h1-2,10,12,17,19H,3-6H2/t10-/m1/s1. The van der Waals surface area contributed by atoms with E-state index in [1.54, 1.807) is 4.90 Å². The number of phenolic OH excluding ortho intramolecular Hbond substituents is 1. The first-order valence-electron chi connectivity index (χ1n) is 5.92. The Bertz CT molecular complexity index is 456. The zero-order chi connectivity index (χ0) is 14.0. The Labute approximate surface area is 123 Å². The topological polar surface area (TPSA) is 35.5 Å². The Hall–Kier alpha value is -0.430. The summed E-state index contributed by atoms with van der Waals surface area (Å²) in [6.45, 7) is 2.38. The molecular formula is C12H14BrClF2N2O. The van der Waals surface area contributed by atoms with Gasteiger partial charge >= 0.3 is 0 Å². The van der Waals surface area contributed by atoms with Crippen molar-refractivity contribution in [3.8, 4) is 5.75 Å². The molecule has 1 aliphatic rings. The van der Waals surface area contributed by atoms with Gasteiger partial charge in [0.1, 0.15) is 11.8 Å². The Kier molecular flexibility index (Phi) is 5.00. The molecular weight excluding hydrogens is 341 g/mol. The maximum Gasteiger partial charge on any atom is 0.258 e. The largest absolute Gasteiger partial charge is 0.506 e. The van der Waals surface area contributed by atoms with E-state index in [-0.39, 0.29) is 15.8 Å². The summed E-state index contributed by atoms with van der Waals surface area (Å²) in [6.07, 6.45) is -2.57. The van der Waals surface area contributed by atoms with Gasteiger partial charge in [-0.05, 0) is 22.0 Å². The summed E-state index contributed by atoms with van der Waals surface area (Å²) in [5, 5.41) is 13.4. The zero-order valence-corrected chi connectivity index (χ0v) is 12.4. The van der Waals surface area contributed by atoms with Crippen molar-refractivity contribution in [3.05, 3.63) is 27.2 Å². The number of hydrogen-bond donors (Lipinski definition) is 2. The average molecular weight is 356 g/mol. The first kappa shape index (κ1) is 15.0. The van der Waals surface area contributed by atoms with E-state index in [0.717, 1.165) is 0 Å². The highest BCUT2D eigenvalue weighted by Gasteiger charge is 2.32. The lowest BCUT2D eigenvalue weighted by Crippen LogP contribution is -2.46. The average Bonchev–Trinajstić information content (AvgIpc) is 2.40. The van der Waals surface area contributed by atoms with E-state index in [9.17, 15) is 13.9 Å². The third kappa shape index (κ3) is 3.18. The van der Waals surface area contributed by atoms with Crippen LogP contribution in [0.3, 0.4) is 0 Å². The highest BCUT2D eigenvalue weighted by atomic mass is 79.9. The number of nitrogens with one attached hydrogen (secondary N) is 1. The number of benzene rings is 1. The van der Waals surface area contributed by atoms with Gasteiger partial charge in [-0.25, -0.2) is 8.78 Å². The fraction of sp³-hybridized carbons (Fsp3) is 0.500. The molecule has 2 N–H and O–H groups in total. The molecule has 1 aromatic carbocycles. The van der Waals surface area contributed by atoms with Crippen LogP contribution in [0.2, 0.25) is 5.02 Å². The molecule has 0 amide bonds. The van der Waals surface area contributed by atoms with Crippen LogP contribution in [0.5, 0.6) is 5.75 Å². The van der Waals surface area contributed by atoms with E-state index in [1.165, 1.54) is 12.1 Å². The molecule has 0 radical (unpaired) electrons. The fourth-order valence-corrected chi connectivity index (χ4v) is 2.76. The smallest absolute Gasteiger partial charge is 0.258 e. The molecule has 0 aliphatic carbocycles. The van der Waals surface area contributed by atoms with Crippen LogP contribution < -0.4 is 5.32 Å². The van der Waals surface area contributed by atoms with Crippen molar-refractivity contribution in [1.29, 1.82) is 0 Å². The number of aromatic hydroxyl groups is 1. The maximum absolute atomic E-state index is 13.4. The molecule has 0 saturated carbocycles. The SMILES string of the molecule is Oc1c([C@H](C(F)F)N2CCNCC2)ccc(Cl)c1Br. The van der Waals surface area contributed by atoms with E-state index in [1.807, 2.05) is 0 Å². The molecule has 0 aromatic heterocycles. The van der Waals surface area contributed by atoms with Crippen molar-refractivity contribution in [2.75, 3.05) is 26.2 Å². The minimum atomic E-state index is -2.57. The Morgan fingerprint density at radius 3 is 2.53 bits per heavy atom. The molecule has 1 aromatic rings. The molecule has 1 atom stereocenters. The molecule has 19 heavy (non-hydrogen) atoms. The monoisotopic (exact) mass is 354 g/mol. The van der Waals surface area contributed by atoms with Crippen LogP contribution >= 0.6 is 27.5 Å². The second-order valence-corrected chi connectivity index (χ2v) is 5.56. The number of phenols is 1. The molecule has 0 unspecified atom stereocenters. The van der Waals surface area contributed by atoms with Gasteiger partial charge in [-0.15, -0.1) is 0 Å². The predicted octanol–water partition coefficient (Wildman–Crippen LogP) is 3.02. The van der Waals surface area contributed by atoms with Crippen molar-refractivity contribution in [1.82, 2.24) is 10.2 Å². The predicted molar refractivity (Wildman–Crippen MR) is 74.0 cm³/mol. The Morgan fingerprint density at radius 2 is 1.95 bits per heavy atom. The number of piperazine rings is 1. The van der Waals surface area contributed by atoms with Gasteiger partial charge in [0.2, 0.25) is 0 Å². The third-order valence-corrected chi connectivity index (χ3v) is 4.55. The van der Waals surface area contributed by atoms with E-state index >= 15 is 0 Å². The Morgan fingerprint density at radius 1 is 1.32 bits per heavy atom. The summed E-state index contributed by atoms with van der Waals surface area (Å²) >= 11 is 8.95. The van der Waals surface area contributed by atoms with Crippen molar-refractivity contribution in [2.45, 2.75) is 12.5 Å². The van der Waals surface area contributed by atoms with E-state index in [0.29, 0.717) is 31.2 Å². The van der Waals surface area contributed by atoms with E-state index < -0.39 is 12.5 Å². The second kappa shape index (κ2) is 6.35. The van der Waals surface area contributed by atoms with Crippen LogP contribution in [0.1, 0.15) is 11.6 Å². The summed E-state index contributed by atoms with van der Waals surface area (Å²) in [5.74, 6) is -0.212. The van der Waals surface area contributed by atoms with Crippen LogP contribution in [0.15, 0.2) is 16.6 Å². The Balaban J connectivity index is 2.36. The molecule has 1 heterocycles. The minimum absolute atomic E-state index is 0.202. The van der Waals surface area contributed by atoms with Gasteiger partial charge in [-0.1, -0.05) is 17.7 Å². The van der Waals surface area contributed by atoms with Crippen LogP contribution in [0.4, 0.5) is 8.78 Å². The quantitative estimate of drug-likeness (QED) is 0.875. The van der Waals surface area contributed by atoms with Gasteiger partial charge in [-0.3, -0.25) is 4.90 Å². The molecule has 106 valence electrons. The van der Waals surface area contributed by atoms with Crippen LogP contribution in [0, 0.1) is 0 Å². The number of hydrogen-bond acceptors (Lipinski definition) is 3. The number of alkyl halides is 2. The van der Waals surface area contributed by atoms with Gasteiger partial charge < -0.3 is 10.4 Å². The molecule has 1 aliphatic heterocycles. The van der Waals surface area contributed by atoms with E-state index in [2.05, 4.69) is 21.2 Å². The van der Waals surface area contributed by atoms with Crippen LogP contribution in [-0.2, 0) is 0 Å². The maximum atomic E-state index is 13.4. The summed E-state index contributed by atoms with van der Waals surface area (Å²) in [7, 11) is 0. The van der Waals surface area contributed by atoms with Gasteiger partial charge in [-0.2, -0.15) is 0 Å². The highest BCUT2D eigenvalue weighted by molar-refractivity contribution is 9.10. The number of nitrogens with zero attached hydrogens (tertiary/aromatic N) is 1. The van der Waals surface area contributed by atoms with Crippen molar-refractivity contribution in [2.24, 2.45) is 0 Å². The fourth-order valence-electron chi connectivity index (χ4n) is 2.25. The number of halogens is 4. The van der Waals surface area contributed by atoms with Gasteiger partial charge in [0.25, 0.3) is 6.43 Å². The summed E-state index contributed by atoms with van der Waals surface area (Å²) in [5.41, 5.74) is 0.202. The molecule has 3 nitrogen and oxygen atoms in total. The molecule has 0 bridgehead atoms. The van der Waals surface area contributed by atoms with Gasteiger partial charge in [0.15, 0.2) is 0 Å². The molecule has 1 fully saturated rings. The van der Waals surface area contributed by atoms with Crippen molar-refractivity contribution >= 4 is 27.5 Å². The van der Waals surface area contributed by atoms with Crippen molar-refractivity contribution < 1.29 is 13.9 Å². The summed E-state index contributed by atoms with van der Waals surface area (Å²) in [6, 6.07) is 1.86. The van der Waals surface area contributed by atoms with E-state index in [4.69, 9.17) is 11.6 Å². The number of rotatable bonds is 3. The lowest BCUT2D eigenvalue weighted by atomic mass is 10.0. The van der Waals surface area contributed by atoms with Crippen molar-refractivity contribution in [3.63, 3.8) is 0 Å². The minimum Gasteiger partial charge on any atom is -0.506 e. The first-order chi connectivity index (χ1) is 9.02. The van der Waals surface area contributed by atoms with Gasteiger partial charge in [0.05, 0.1) is 9.50 Å². The molecule has 0 spiro atoms. The zero-order valence-electron chi connectivity index (χ0n) is 10.0. The summed E-state index contributed by atoms with van der Waals surface area (Å²) < 4.78 is 27.0. The molecule has 2 rings (SSSR count). The lowest BCUT2D eigenvalue weighted by Gasteiger charge is -2.35. The lowest BCUT2D eigenvalue weighted by molar-refractivity contribution is 0.0170. The normalized spacial score (nSPS) is 18.8. The van der Waals surface area contributed by atoms with Crippen LogP contribution in [0.25, 0.3) is 0 Å². The second-order valence-electron chi connectivity index (χ2n) is 4.36. The summed E-state index contributed by atoms with van der Waals surface area (Å²) in [4.78, 5) is 1.68. The molecule has 1 saturated heterocycles. The van der Waals surface area contributed by atoms with Crippen LogP contribution in [-0.4, -0.2) is 42.6 Å². The third-order valence-electron chi connectivity index (χ3n) is 3.20. The molecule has 7 heteroatoms. The first-order valence-corrected chi connectivity index (χ1v) is 7.09. The highest BCUT2D eigenvalue weighted by Crippen LogP contribution is 2.40.